The average Bonchev–Trinajstić information content (AvgIpc) is 2.72. The minimum Gasteiger partial charge on any atom is -0.338 e. The number of likely N-dealkylation sites (tertiary alicyclic amines) is 1. The van der Waals surface area contributed by atoms with Crippen LogP contribution in [0.1, 0.15) is 44.6 Å². The van der Waals surface area contributed by atoms with E-state index in [1.54, 1.807) is 0 Å². The topological polar surface area (TPSA) is 46.3 Å². The summed E-state index contributed by atoms with van der Waals surface area (Å²) in [5.74, 6) is 0.127. The third-order valence-corrected chi connectivity index (χ3v) is 4.25. The van der Waals surface area contributed by atoms with Crippen molar-refractivity contribution in [2.24, 2.45) is 5.73 Å². The highest BCUT2D eigenvalue weighted by Crippen LogP contribution is 2.20. The normalized spacial score (nSPS) is 21.3. The Bertz CT molecular complexity index is 418. The summed E-state index contributed by atoms with van der Waals surface area (Å²) in [6, 6.07) is 10.0. The highest BCUT2D eigenvalue weighted by atomic mass is 16.2. The van der Waals surface area contributed by atoms with Crippen LogP contribution in [0.4, 0.5) is 0 Å². The first kappa shape index (κ1) is 15.0. The molecule has 0 aromatic heterocycles. The Balaban J connectivity index is 2.00. The maximum atomic E-state index is 12.6. The van der Waals surface area contributed by atoms with Crippen LogP contribution in [0.15, 0.2) is 30.3 Å². The van der Waals surface area contributed by atoms with Gasteiger partial charge in [-0.05, 0) is 31.2 Å². The predicted octanol–water partition coefficient (Wildman–Crippen LogP) is 2.74. The molecule has 1 unspecified atom stereocenters. The number of hydrogen-bond acceptors (Lipinski definition) is 2. The first-order chi connectivity index (χ1) is 9.72. The van der Waals surface area contributed by atoms with E-state index in [2.05, 4.69) is 6.92 Å². The van der Waals surface area contributed by atoms with Crippen molar-refractivity contribution >= 4 is 5.91 Å². The monoisotopic (exact) mass is 274 g/mol. The summed E-state index contributed by atoms with van der Waals surface area (Å²) in [6.45, 7) is 3.04. The molecule has 1 amide bonds. The number of nitrogens with two attached hydrogens (primary N) is 1. The molecular weight excluding hydrogens is 248 g/mol. The number of nitrogens with zero attached hydrogens (tertiary/aromatic N) is 1. The first-order valence-electron chi connectivity index (χ1n) is 7.82. The quantitative estimate of drug-likeness (QED) is 0.917. The van der Waals surface area contributed by atoms with Crippen LogP contribution >= 0.6 is 0 Å². The summed E-state index contributed by atoms with van der Waals surface area (Å²) in [7, 11) is 0. The van der Waals surface area contributed by atoms with Crippen LogP contribution < -0.4 is 5.73 Å². The molecule has 1 aromatic carbocycles. The number of hydrogen-bond donors (Lipinski definition) is 1. The van der Waals surface area contributed by atoms with E-state index >= 15 is 0 Å². The lowest BCUT2D eigenvalue weighted by Gasteiger charge is -2.31. The lowest BCUT2D eigenvalue weighted by atomic mass is 10.0. The number of carbonyl (C=O) groups is 1. The van der Waals surface area contributed by atoms with Gasteiger partial charge in [-0.3, -0.25) is 4.79 Å². The SMILES string of the molecule is CCC1CCCCCN1C(=O)[C@H](N)Cc1ccccc1. The fourth-order valence-electron chi connectivity index (χ4n) is 3.06. The Morgan fingerprint density at radius 1 is 1.30 bits per heavy atom. The molecule has 1 aliphatic heterocycles. The van der Waals surface area contributed by atoms with Crippen LogP contribution in [0.25, 0.3) is 0 Å². The van der Waals surface area contributed by atoms with Crippen LogP contribution in [0.5, 0.6) is 0 Å². The van der Waals surface area contributed by atoms with Crippen LogP contribution in [0.3, 0.4) is 0 Å². The number of rotatable bonds is 4. The lowest BCUT2D eigenvalue weighted by molar-refractivity contribution is -0.134. The summed E-state index contributed by atoms with van der Waals surface area (Å²) in [5.41, 5.74) is 7.29. The van der Waals surface area contributed by atoms with Crippen molar-refractivity contribution in [3.8, 4) is 0 Å². The van der Waals surface area contributed by atoms with E-state index in [1.807, 2.05) is 35.2 Å². The van der Waals surface area contributed by atoms with Crippen molar-refractivity contribution in [3.05, 3.63) is 35.9 Å². The van der Waals surface area contributed by atoms with E-state index in [9.17, 15) is 4.79 Å². The zero-order valence-electron chi connectivity index (χ0n) is 12.4. The van der Waals surface area contributed by atoms with Gasteiger partial charge in [0.2, 0.25) is 5.91 Å². The first-order valence-corrected chi connectivity index (χ1v) is 7.82. The van der Waals surface area contributed by atoms with Gasteiger partial charge < -0.3 is 10.6 Å². The molecule has 2 atom stereocenters. The summed E-state index contributed by atoms with van der Waals surface area (Å²) < 4.78 is 0. The smallest absolute Gasteiger partial charge is 0.240 e. The zero-order chi connectivity index (χ0) is 14.4. The van der Waals surface area contributed by atoms with Gasteiger partial charge in [-0.1, -0.05) is 50.1 Å². The molecule has 1 heterocycles. The van der Waals surface area contributed by atoms with Crippen molar-refractivity contribution in [2.75, 3.05) is 6.54 Å². The van der Waals surface area contributed by atoms with Crippen LogP contribution in [-0.4, -0.2) is 29.4 Å². The van der Waals surface area contributed by atoms with E-state index < -0.39 is 6.04 Å². The number of carbonyl (C=O) groups excluding carboxylic acids is 1. The van der Waals surface area contributed by atoms with Crippen LogP contribution in [0.2, 0.25) is 0 Å². The van der Waals surface area contributed by atoms with Crippen LogP contribution in [0, 0.1) is 0 Å². The zero-order valence-corrected chi connectivity index (χ0v) is 12.4. The second kappa shape index (κ2) is 7.44. The molecule has 0 aliphatic carbocycles. The second-order valence-electron chi connectivity index (χ2n) is 5.74. The Hall–Kier alpha value is -1.35. The third kappa shape index (κ3) is 3.83. The minimum absolute atomic E-state index is 0.127. The summed E-state index contributed by atoms with van der Waals surface area (Å²) in [6.07, 6.45) is 6.36. The maximum absolute atomic E-state index is 12.6. The molecule has 1 saturated heterocycles. The van der Waals surface area contributed by atoms with Gasteiger partial charge in [-0.15, -0.1) is 0 Å². The van der Waals surface area contributed by atoms with E-state index in [-0.39, 0.29) is 5.91 Å². The van der Waals surface area contributed by atoms with Crippen molar-refractivity contribution in [1.82, 2.24) is 4.90 Å². The Kier molecular flexibility index (Phi) is 5.60. The molecule has 1 fully saturated rings. The molecule has 110 valence electrons. The second-order valence-corrected chi connectivity index (χ2v) is 5.74. The van der Waals surface area contributed by atoms with E-state index in [0.717, 1.165) is 31.4 Å². The van der Waals surface area contributed by atoms with Crippen molar-refractivity contribution in [3.63, 3.8) is 0 Å². The highest BCUT2D eigenvalue weighted by molar-refractivity contribution is 5.82. The van der Waals surface area contributed by atoms with Gasteiger partial charge >= 0.3 is 0 Å². The highest BCUT2D eigenvalue weighted by Gasteiger charge is 2.27. The maximum Gasteiger partial charge on any atom is 0.240 e. The Morgan fingerprint density at radius 3 is 2.75 bits per heavy atom. The molecule has 2 rings (SSSR count). The van der Waals surface area contributed by atoms with Gasteiger partial charge in [0, 0.05) is 12.6 Å². The fourth-order valence-corrected chi connectivity index (χ4v) is 3.06. The molecular formula is C17H26N2O. The summed E-state index contributed by atoms with van der Waals surface area (Å²) >= 11 is 0. The van der Waals surface area contributed by atoms with Crippen LogP contribution in [-0.2, 0) is 11.2 Å². The molecule has 2 N–H and O–H groups in total. The molecule has 1 aromatic rings. The summed E-state index contributed by atoms with van der Waals surface area (Å²) in [5, 5.41) is 0. The molecule has 0 radical (unpaired) electrons. The van der Waals surface area contributed by atoms with E-state index in [0.29, 0.717) is 12.5 Å². The van der Waals surface area contributed by atoms with E-state index in [1.165, 1.54) is 12.8 Å². The average molecular weight is 274 g/mol. The minimum atomic E-state index is -0.412. The fraction of sp³-hybridized carbons (Fsp3) is 0.588. The van der Waals surface area contributed by atoms with Crippen molar-refractivity contribution in [2.45, 2.75) is 57.5 Å². The number of benzene rings is 1. The predicted molar refractivity (Wildman–Crippen MR) is 82.4 cm³/mol. The standard InChI is InChI=1S/C17H26N2O/c1-2-15-11-7-4-8-12-19(15)17(20)16(18)13-14-9-5-3-6-10-14/h3,5-6,9-10,15-16H,2,4,7-8,11-13,18H2,1H3/t15?,16-/m1/s1. The van der Waals surface area contributed by atoms with Gasteiger partial charge in [-0.25, -0.2) is 0 Å². The van der Waals surface area contributed by atoms with Gasteiger partial charge in [0.25, 0.3) is 0 Å². The van der Waals surface area contributed by atoms with Gasteiger partial charge in [0.1, 0.15) is 0 Å². The molecule has 20 heavy (non-hydrogen) atoms. The Labute approximate surface area is 122 Å². The molecule has 3 heteroatoms. The third-order valence-electron chi connectivity index (χ3n) is 4.25. The van der Waals surface area contributed by atoms with Gasteiger partial charge in [0.15, 0.2) is 0 Å². The lowest BCUT2D eigenvalue weighted by Crippen LogP contribution is -2.49. The van der Waals surface area contributed by atoms with E-state index in [4.69, 9.17) is 5.73 Å². The van der Waals surface area contributed by atoms with Crippen molar-refractivity contribution < 1.29 is 4.79 Å². The van der Waals surface area contributed by atoms with Crippen molar-refractivity contribution in [1.29, 1.82) is 0 Å². The largest absolute Gasteiger partial charge is 0.338 e. The summed E-state index contributed by atoms with van der Waals surface area (Å²) in [4.78, 5) is 14.7. The molecule has 1 aliphatic rings. The van der Waals surface area contributed by atoms with Gasteiger partial charge in [0.05, 0.1) is 6.04 Å². The molecule has 0 saturated carbocycles. The molecule has 3 nitrogen and oxygen atoms in total. The number of amides is 1. The molecule has 0 bridgehead atoms. The molecule has 0 spiro atoms. The van der Waals surface area contributed by atoms with Gasteiger partial charge in [-0.2, -0.15) is 0 Å². The Morgan fingerprint density at radius 2 is 2.05 bits per heavy atom.